The number of pyridine rings is 1. The Bertz CT molecular complexity index is 654. The van der Waals surface area contributed by atoms with Gasteiger partial charge in [-0.05, 0) is 38.0 Å². The van der Waals surface area contributed by atoms with Crippen LogP contribution in [0.3, 0.4) is 0 Å². The van der Waals surface area contributed by atoms with Crippen molar-refractivity contribution in [2.45, 2.75) is 20.8 Å². The molecule has 0 saturated heterocycles. The Balaban J connectivity index is 2.38. The van der Waals surface area contributed by atoms with E-state index in [-0.39, 0.29) is 5.56 Å². The van der Waals surface area contributed by atoms with Gasteiger partial charge in [0.05, 0.1) is 6.21 Å². The monoisotopic (exact) mass is 240 g/mol. The van der Waals surface area contributed by atoms with E-state index >= 15 is 0 Å². The number of hydrogen-bond acceptors (Lipinski definition) is 2. The number of nitrogens with zero attached hydrogens (tertiary/aromatic N) is 2. The smallest absolute Gasteiger partial charge is 0.267 e. The minimum absolute atomic E-state index is 0.101. The molecule has 0 bridgehead atoms. The van der Waals surface area contributed by atoms with Gasteiger partial charge in [0.1, 0.15) is 0 Å². The minimum atomic E-state index is -0.101. The number of aromatic nitrogens is 1. The highest BCUT2D eigenvalue weighted by Gasteiger charge is 1.98. The maximum Gasteiger partial charge on any atom is 0.271 e. The third-order valence-corrected chi connectivity index (χ3v) is 2.69. The van der Waals surface area contributed by atoms with E-state index in [0.29, 0.717) is 0 Å². The van der Waals surface area contributed by atoms with Crippen LogP contribution in [-0.2, 0) is 0 Å². The molecule has 1 heterocycles. The van der Waals surface area contributed by atoms with Crippen molar-refractivity contribution in [3.05, 3.63) is 69.1 Å². The molecule has 0 amide bonds. The molecule has 0 aliphatic carbocycles. The van der Waals surface area contributed by atoms with Gasteiger partial charge in [-0.3, -0.25) is 4.79 Å². The number of hydrogen-bond donors (Lipinski definition) is 0. The maximum absolute atomic E-state index is 11.8. The molecule has 3 heteroatoms. The molecule has 92 valence electrons. The van der Waals surface area contributed by atoms with Crippen molar-refractivity contribution in [3.8, 4) is 0 Å². The van der Waals surface area contributed by atoms with Gasteiger partial charge in [0.2, 0.25) is 0 Å². The molecule has 0 spiro atoms. The Morgan fingerprint density at radius 2 is 1.83 bits per heavy atom. The molecule has 0 unspecified atom stereocenters. The highest BCUT2D eigenvalue weighted by Crippen LogP contribution is 2.02. The van der Waals surface area contributed by atoms with Gasteiger partial charge in [-0.2, -0.15) is 5.10 Å². The summed E-state index contributed by atoms with van der Waals surface area (Å²) in [6.45, 7) is 5.81. The van der Waals surface area contributed by atoms with E-state index in [1.165, 1.54) is 10.2 Å². The molecular formula is C15H16N2O. The number of aryl methyl sites for hydroxylation is 3. The van der Waals surface area contributed by atoms with Crippen LogP contribution < -0.4 is 5.56 Å². The molecule has 1 aromatic heterocycles. The molecule has 0 saturated carbocycles. The molecule has 2 rings (SSSR count). The molecule has 0 aliphatic heterocycles. The van der Waals surface area contributed by atoms with Crippen LogP contribution in [0.25, 0.3) is 0 Å². The zero-order chi connectivity index (χ0) is 13.1. The van der Waals surface area contributed by atoms with Crippen molar-refractivity contribution >= 4 is 6.21 Å². The summed E-state index contributed by atoms with van der Waals surface area (Å²) in [7, 11) is 0. The Morgan fingerprint density at radius 1 is 1.06 bits per heavy atom. The fourth-order valence-corrected chi connectivity index (χ4v) is 1.88. The first kappa shape index (κ1) is 12.3. The minimum Gasteiger partial charge on any atom is -0.267 e. The quantitative estimate of drug-likeness (QED) is 0.743. The number of rotatable bonds is 2. The molecule has 3 nitrogen and oxygen atoms in total. The summed E-state index contributed by atoms with van der Waals surface area (Å²) in [6.07, 6.45) is 1.71. The predicted octanol–water partition coefficient (Wildman–Crippen LogP) is 2.66. The highest BCUT2D eigenvalue weighted by molar-refractivity contribution is 5.79. The summed E-state index contributed by atoms with van der Waals surface area (Å²) in [6, 6.07) is 11.5. The summed E-state index contributed by atoms with van der Waals surface area (Å²) in [5.74, 6) is 0. The second kappa shape index (κ2) is 5.00. The fourth-order valence-electron chi connectivity index (χ4n) is 1.88. The third kappa shape index (κ3) is 2.74. The average Bonchev–Trinajstić information content (AvgIpc) is 2.27. The van der Waals surface area contributed by atoms with E-state index in [9.17, 15) is 4.79 Å². The van der Waals surface area contributed by atoms with Gasteiger partial charge in [-0.15, -0.1) is 0 Å². The topological polar surface area (TPSA) is 34.4 Å². The molecule has 0 fully saturated rings. The van der Waals surface area contributed by atoms with Crippen LogP contribution in [0.4, 0.5) is 0 Å². The maximum atomic E-state index is 11.8. The van der Waals surface area contributed by atoms with Crippen LogP contribution >= 0.6 is 0 Å². The summed E-state index contributed by atoms with van der Waals surface area (Å²) in [5.41, 5.74) is 3.86. The van der Waals surface area contributed by atoms with Gasteiger partial charge < -0.3 is 0 Å². The zero-order valence-electron chi connectivity index (χ0n) is 10.8. The molecular weight excluding hydrogens is 224 g/mol. The van der Waals surface area contributed by atoms with Crippen molar-refractivity contribution in [3.63, 3.8) is 0 Å². The summed E-state index contributed by atoms with van der Waals surface area (Å²) >= 11 is 0. The predicted molar refractivity (Wildman–Crippen MR) is 74.3 cm³/mol. The van der Waals surface area contributed by atoms with E-state index in [0.717, 1.165) is 16.8 Å². The van der Waals surface area contributed by atoms with Crippen LogP contribution in [0, 0.1) is 20.8 Å². The lowest BCUT2D eigenvalue weighted by Gasteiger charge is -2.04. The normalized spacial score (nSPS) is 11.1. The van der Waals surface area contributed by atoms with Crippen LogP contribution in [0.15, 0.2) is 46.3 Å². The van der Waals surface area contributed by atoms with Crippen LogP contribution in [0.1, 0.15) is 22.4 Å². The molecule has 1 aromatic carbocycles. The van der Waals surface area contributed by atoms with Gasteiger partial charge in [-0.25, -0.2) is 4.68 Å². The summed E-state index contributed by atoms with van der Waals surface area (Å²) in [5, 5.41) is 4.24. The van der Waals surface area contributed by atoms with Gasteiger partial charge in [0.25, 0.3) is 5.56 Å². The van der Waals surface area contributed by atoms with E-state index in [4.69, 9.17) is 0 Å². The van der Waals surface area contributed by atoms with Crippen molar-refractivity contribution < 1.29 is 0 Å². The third-order valence-electron chi connectivity index (χ3n) is 2.69. The first-order chi connectivity index (χ1) is 8.56. The SMILES string of the molecule is Cc1cccc(/C=N/n2c(C)cc(C)cc2=O)c1. The van der Waals surface area contributed by atoms with E-state index in [1.54, 1.807) is 12.3 Å². The molecule has 2 aromatic rings. The Hall–Kier alpha value is -2.16. The van der Waals surface area contributed by atoms with Gasteiger partial charge in [-0.1, -0.05) is 29.8 Å². The molecule has 0 atom stereocenters. The molecule has 0 N–H and O–H groups in total. The largest absolute Gasteiger partial charge is 0.271 e. The first-order valence-corrected chi connectivity index (χ1v) is 5.87. The highest BCUT2D eigenvalue weighted by atomic mass is 16.1. The second-order valence-electron chi connectivity index (χ2n) is 4.48. The number of benzene rings is 1. The zero-order valence-corrected chi connectivity index (χ0v) is 10.8. The fraction of sp³-hybridized carbons (Fsp3) is 0.200. The lowest BCUT2D eigenvalue weighted by atomic mass is 10.2. The van der Waals surface area contributed by atoms with Gasteiger partial charge in [0.15, 0.2) is 0 Å². The van der Waals surface area contributed by atoms with Crippen molar-refractivity contribution in [1.82, 2.24) is 4.68 Å². The summed E-state index contributed by atoms with van der Waals surface area (Å²) < 4.78 is 1.41. The molecule has 0 aliphatic rings. The van der Waals surface area contributed by atoms with Crippen molar-refractivity contribution in [2.24, 2.45) is 5.10 Å². The standard InChI is InChI=1S/C15H16N2O/c1-11-5-4-6-14(8-11)10-16-17-13(3)7-12(2)9-15(17)18/h4-10H,1-3H3/b16-10+. The van der Waals surface area contributed by atoms with Gasteiger partial charge >= 0.3 is 0 Å². The average molecular weight is 240 g/mol. The van der Waals surface area contributed by atoms with Gasteiger partial charge in [0, 0.05) is 11.8 Å². The first-order valence-electron chi connectivity index (χ1n) is 5.87. The van der Waals surface area contributed by atoms with Crippen LogP contribution in [0.2, 0.25) is 0 Å². The lowest BCUT2D eigenvalue weighted by Crippen LogP contribution is -2.18. The van der Waals surface area contributed by atoms with Crippen LogP contribution in [-0.4, -0.2) is 10.9 Å². The Kier molecular flexibility index (Phi) is 3.42. The van der Waals surface area contributed by atoms with Crippen molar-refractivity contribution in [1.29, 1.82) is 0 Å². The Labute approximate surface area is 106 Å². The Morgan fingerprint density at radius 3 is 2.50 bits per heavy atom. The molecule has 18 heavy (non-hydrogen) atoms. The second-order valence-corrected chi connectivity index (χ2v) is 4.48. The van der Waals surface area contributed by atoms with E-state index in [1.807, 2.05) is 51.1 Å². The molecule has 0 radical (unpaired) electrons. The summed E-state index contributed by atoms with van der Waals surface area (Å²) in [4.78, 5) is 11.8. The van der Waals surface area contributed by atoms with E-state index in [2.05, 4.69) is 5.10 Å². The lowest BCUT2D eigenvalue weighted by molar-refractivity contribution is 0.791. The van der Waals surface area contributed by atoms with E-state index < -0.39 is 0 Å². The van der Waals surface area contributed by atoms with Crippen LogP contribution in [0.5, 0.6) is 0 Å². The van der Waals surface area contributed by atoms with Crippen molar-refractivity contribution in [2.75, 3.05) is 0 Å².